The van der Waals surface area contributed by atoms with Crippen LogP contribution in [0.2, 0.25) is 0 Å². The topological polar surface area (TPSA) is 111 Å². The lowest BCUT2D eigenvalue weighted by atomic mass is 10.0. The van der Waals surface area contributed by atoms with Gasteiger partial charge in [0.15, 0.2) is 17.3 Å². The van der Waals surface area contributed by atoms with Crippen molar-refractivity contribution in [2.75, 3.05) is 6.79 Å². The Hall–Kier alpha value is -4.44. The summed E-state index contributed by atoms with van der Waals surface area (Å²) >= 11 is 0. The molecule has 1 aliphatic carbocycles. The molecule has 3 aromatic heterocycles. The fourth-order valence-corrected chi connectivity index (χ4v) is 5.76. The third kappa shape index (κ3) is 4.57. The first-order valence-electron chi connectivity index (χ1n) is 13.3. The van der Waals surface area contributed by atoms with Crippen LogP contribution in [0, 0.1) is 0 Å². The second kappa shape index (κ2) is 10.0. The van der Waals surface area contributed by atoms with E-state index in [-0.39, 0.29) is 18.4 Å². The molecule has 4 heterocycles. The van der Waals surface area contributed by atoms with Gasteiger partial charge in [0.2, 0.25) is 6.79 Å². The molecule has 1 saturated carbocycles. The van der Waals surface area contributed by atoms with Crippen LogP contribution in [-0.2, 0) is 13.1 Å². The van der Waals surface area contributed by atoms with E-state index in [1.165, 1.54) is 0 Å². The molecule has 7 rings (SSSR count). The molecule has 1 atom stereocenters. The highest BCUT2D eigenvalue weighted by Gasteiger charge is 2.34. The molecule has 0 radical (unpaired) electrons. The number of hydrogen-bond donors (Lipinski definition) is 1. The predicted octanol–water partition coefficient (Wildman–Crippen LogP) is 4.74. The van der Waals surface area contributed by atoms with Crippen LogP contribution in [-0.4, -0.2) is 36.9 Å². The number of nitrogens with zero attached hydrogens (tertiary/aromatic N) is 5. The van der Waals surface area contributed by atoms with Gasteiger partial charge in [0.05, 0.1) is 24.4 Å². The van der Waals surface area contributed by atoms with Crippen LogP contribution in [0.4, 0.5) is 0 Å². The number of rotatable bonds is 8. The van der Waals surface area contributed by atoms with Crippen molar-refractivity contribution in [3.63, 3.8) is 0 Å². The van der Waals surface area contributed by atoms with Crippen LogP contribution in [0.1, 0.15) is 60.5 Å². The highest BCUT2D eigenvalue weighted by Crippen LogP contribution is 2.38. The zero-order chi connectivity index (χ0) is 26.2. The third-order valence-electron chi connectivity index (χ3n) is 7.63. The number of tetrazole rings is 1. The molecule has 0 saturated heterocycles. The number of furan rings is 1. The SMILES string of the molecule is O=c1[nH]c2cc3c(cc2cc1[C@@H](c1nnnn1C1CCCC1)N(Cc1ccccc1)Cc1ccco1)OCO3. The Morgan fingerprint density at radius 3 is 2.62 bits per heavy atom. The van der Waals surface area contributed by atoms with E-state index >= 15 is 0 Å². The third-order valence-corrected chi connectivity index (χ3v) is 7.63. The highest BCUT2D eigenvalue weighted by molar-refractivity contribution is 5.83. The van der Waals surface area contributed by atoms with E-state index in [1.807, 2.05) is 53.2 Å². The average molecular weight is 525 g/mol. The molecule has 0 bridgehead atoms. The summed E-state index contributed by atoms with van der Waals surface area (Å²) < 4.78 is 18.8. The Balaban J connectivity index is 1.40. The Labute approximate surface area is 224 Å². The number of aromatic nitrogens is 5. The van der Waals surface area contributed by atoms with E-state index in [4.69, 9.17) is 13.9 Å². The van der Waals surface area contributed by atoms with Crippen molar-refractivity contribution >= 4 is 10.9 Å². The second-order valence-electron chi connectivity index (χ2n) is 10.1. The van der Waals surface area contributed by atoms with E-state index < -0.39 is 6.04 Å². The maximum absolute atomic E-state index is 13.8. The van der Waals surface area contributed by atoms with Gasteiger partial charge in [-0.1, -0.05) is 43.2 Å². The number of fused-ring (bicyclic) bond motifs is 2. The fraction of sp³-hybridized carbons (Fsp3) is 0.310. The molecule has 5 aromatic rings. The highest BCUT2D eigenvalue weighted by atomic mass is 16.7. The first kappa shape index (κ1) is 23.7. The van der Waals surface area contributed by atoms with Crippen LogP contribution in [0.3, 0.4) is 0 Å². The van der Waals surface area contributed by atoms with Crippen molar-refractivity contribution in [3.05, 3.63) is 100.0 Å². The number of aromatic amines is 1. The van der Waals surface area contributed by atoms with E-state index in [0.29, 0.717) is 41.5 Å². The lowest BCUT2D eigenvalue weighted by molar-refractivity contribution is 0.174. The Morgan fingerprint density at radius 1 is 1.00 bits per heavy atom. The van der Waals surface area contributed by atoms with Crippen LogP contribution < -0.4 is 15.0 Å². The number of pyridine rings is 1. The van der Waals surface area contributed by atoms with Gasteiger partial charge in [-0.2, -0.15) is 0 Å². The molecule has 0 amide bonds. The van der Waals surface area contributed by atoms with Crippen molar-refractivity contribution in [2.45, 2.75) is 50.9 Å². The monoisotopic (exact) mass is 524 g/mol. The standard InChI is InChI=1S/C29H28N6O4/c36-29-23(13-20-14-25-26(39-18-38-25)15-24(20)30-29)27(28-31-32-33-35(28)21-9-4-5-10-21)34(17-22-11-6-12-37-22)16-19-7-2-1-3-8-19/h1-3,6-8,11-15,21,27H,4-5,9-10,16-18H2,(H,30,36)/t27-/m0/s1. The predicted molar refractivity (Wildman–Crippen MR) is 142 cm³/mol. The lowest BCUT2D eigenvalue weighted by Crippen LogP contribution is -2.35. The Bertz CT molecular complexity index is 1640. The molecule has 198 valence electrons. The molecular formula is C29H28N6O4. The Kier molecular flexibility index (Phi) is 6.08. The molecule has 0 spiro atoms. The minimum Gasteiger partial charge on any atom is -0.468 e. The number of nitrogens with one attached hydrogen (secondary N) is 1. The Morgan fingerprint density at radius 2 is 1.82 bits per heavy atom. The van der Waals surface area contributed by atoms with Gasteiger partial charge in [0.25, 0.3) is 5.56 Å². The van der Waals surface area contributed by atoms with Gasteiger partial charge in [-0.3, -0.25) is 9.69 Å². The second-order valence-corrected chi connectivity index (χ2v) is 10.1. The van der Waals surface area contributed by atoms with E-state index in [9.17, 15) is 4.79 Å². The van der Waals surface area contributed by atoms with Gasteiger partial charge in [-0.25, -0.2) is 4.68 Å². The summed E-state index contributed by atoms with van der Waals surface area (Å²) in [5.41, 5.74) is 2.14. The van der Waals surface area contributed by atoms with Gasteiger partial charge in [-0.05, 0) is 53.1 Å². The van der Waals surface area contributed by atoms with Crippen molar-refractivity contribution in [1.29, 1.82) is 0 Å². The number of hydrogen-bond acceptors (Lipinski definition) is 8. The maximum atomic E-state index is 13.8. The van der Waals surface area contributed by atoms with Crippen molar-refractivity contribution in [2.24, 2.45) is 0 Å². The van der Waals surface area contributed by atoms with Crippen LogP contribution in [0.15, 0.2) is 76.1 Å². The molecule has 2 aliphatic rings. The fourth-order valence-electron chi connectivity index (χ4n) is 5.76. The summed E-state index contributed by atoms with van der Waals surface area (Å²) in [7, 11) is 0. The van der Waals surface area contributed by atoms with Crippen LogP contribution in [0.25, 0.3) is 10.9 Å². The number of ether oxygens (including phenoxy) is 2. The molecule has 39 heavy (non-hydrogen) atoms. The summed E-state index contributed by atoms with van der Waals surface area (Å²) in [6.07, 6.45) is 5.97. The molecule has 10 heteroatoms. The molecule has 0 unspecified atom stereocenters. The van der Waals surface area contributed by atoms with Gasteiger partial charge in [0.1, 0.15) is 11.8 Å². The van der Waals surface area contributed by atoms with E-state index in [2.05, 4.69) is 37.5 Å². The smallest absolute Gasteiger partial charge is 0.253 e. The lowest BCUT2D eigenvalue weighted by Gasteiger charge is -2.31. The molecule has 2 aromatic carbocycles. The van der Waals surface area contributed by atoms with Crippen LogP contribution in [0.5, 0.6) is 11.5 Å². The summed E-state index contributed by atoms with van der Waals surface area (Å²) in [5, 5.41) is 13.9. The summed E-state index contributed by atoms with van der Waals surface area (Å²) in [5.74, 6) is 2.71. The number of benzene rings is 2. The summed E-state index contributed by atoms with van der Waals surface area (Å²) in [6.45, 7) is 1.18. The van der Waals surface area contributed by atoms with Crippen molar-refractivity contribution in [1.82, 2.24) is 30.1 Å². The zero-order valence-electron chi connectivity index (χ0n) is 21.3. The minimum atomic E-state index is -0.538. The zero-order valence-corrected chi connectivity index (χ0v) is 21.3. The van der Waals surface area contributed by atoms with Crippen molar-refractivity contribution < 1.29 is 13.9 Å². The largest absolute Gasteiger partial charge is 0.468 e. The van der Waals surface area contributed by atoms with E-state index in [0.717, 1.165) is 42.4 Å². The maximum Gasteiger partial charge on any atom is 0.253 e. The first-order chi connectivity index (χ1) is 19.2. The first-order valence-corrected chi connectivity index (χ1v) is 13.3. The molecule has 1 N–H and O–H groups in total. The van der Waals surface area contributed by atoms with Gasteiger partial charge in [0, 0.05) is 23.6 Å². The van der Waals surface area contributed by atoms with Gasteiger partial charge < -0.3 is 18.9 Å². The number of H-pyrrole nitrogens is 1. The van der Waals surface area contributed by atoms with E-state index in [1.54, 1.807) is 6.26 Å². The van der Waals surface area contributed by atoms with Gasteiger partial charge >= 0.3 is 0 Å². The molecule has 10 nitrogen and oxygen atoms in total. The summed E-state index contributed by atoms with van der Waals surface area (Å²) in [6, 6.07) is 19.3. The normalized spacial score (nSPS) is 15.9. The molecular weight excluding hydrogens is 496 g/mol. The minimum absolute atomic E-state index is 0.162. The summed E-state index contributed by atoms with van der Waals surface area (Å²) in [4.78, 5) is 19.1. The quantitative estimate of drug-likeness (QED) is 0.310. The molecule has 1 fully saturated rings. The van der Waals surface area contributed by atoms with Gasteiger partial charge in [-0.15, -0.1) is 5.10 Å². The molecule has 1 aliphatic heterocycles. The van der Waals surface area contributed by atoms with Crippen molar-refractivity contribution in [3.8, 4) is 11.5 Å². The average Bonchev–Trinajstić information content (AvgIpc) is 3.77. The van der Waals surface area contributed by atoms with Crippen LogP contribution >= 0.6 is 0 Å².